The second-order valence-corrected chi connectivity index (χ2v) is 13.7. The molecule has 5 heterocycles. The van der Waals surface area contributed by atoms with Gasteiger partial charge in [-0.3, -0.25) is 4.79 Å². The lowest BCUT2D eigenvalue weighted by Gasteiger charge is -2.45. The minimum Gasteiger partial charge on any atom is -0.341 e. The Morgan fingerprint density at radius 2 is 1.64 bits per heavy atom. The molecule has 0 aliphatic carbocycles. The molecule has 0 radical (unpaired) electrons. The predicted molar refractivity (Wildman–Crippen MR) is 174 cm³/mol. The first kappa shape index (κ1) is 29.1. The quantitative estimate of drug-likeness (QED) is 0.372. The van der Waals surface area contributed by atoms with Gasteiger partial charge in [0.25, 0.3) is 0 Å². The number of carbonyl (C=O) groups is 3. The Hall–Kier alpha value is -3.63. The predicted octanol–water partition coefficient (Wildman–Crippen LogP) is 5.13. The van der Waals surface area contributed by atoms with Crippen molar-refractivity contribution in [2.24, 2.45) is 0 Å². The molecule has 3 fully saturated rings. The van der Waals surface area contributed by atoms with Gasteiger partial charge in [0.15, 0.2) is 0 Å². The van der Waals surface area contributed by atoms with Crippen molar-refractivity contribution < 1.29 is 14.4 Å². The molecule has 0 bridgehead atoms. The van der Waals surface area contributed by atoms with E-state index in [0.29, 0.717) is 38.4 Å². The number of piperidine rings is 3. The number of thiophene rings is 1. The molecule has 3 saturated heterocycles. The van der Waals surface area contributed by atoms with Gasteiger partial charge in [-0.25, -0.2) is 9.59 Å². The molecule has 9 nitrogen and oxygen atoms in total. The van der Waals surface area contributed by atoms with Crippen LogP contribution in [0.15, 0.2) is 53.9 Å². The maximum atomic E-state index is 14.1. The zero-order valence-electron chi connectivity index (χ0n) is 25.2. The topological polar surface area (TPSA) is 97.0 Å². The van der Waals surface area contributed by atoms with E-state index < -0.39 is 11.6 Å². The van der Waals surface area contributed by atoms with Crippen LogP contribution in [0.4, 0.5) is 15.3 Å². The van der Waals surface area contributed by atoms with E-state index in [0.717, 1.165) is 48.1 Å². The van der Waals surface area contributed by atoms with Crippen molar-refractivity contribution in [3.8, 4) is 0 Å². The van der Waals surface area contributed by atoms with Gasteiger partial charge in [0.1, 0.15) is 6.04 Å². The van der Waals surface area contributed by atoms with Crippen molar-refractivity contribution in [1.82, 2.24) is 25.3 Å². The number of urea groups is 2. The third-order valence-corrected chi connectivity index (χ3v) is 11.2. The third kappa shape index (κ3) is 5.77. The number of fused-ring (bicyclic) bond motifs is 3. The van der Waals surface area contributed by atoms with E-state index in [4.69, 9.17) is 0 Å². The lowest BCUT2D eigenvalue weighted by Crippen LogP contribution is -2.60. The van der Waals surface area contributed by atoms with Crippen molar-refractivity contribution >= 4 is 45.1 Å². The van der Waals surface area contributed by atoms with E-state index in [1.54, 1.807) is 16.2 Å². The zero-order valence-corrected chi connectivity index (χ0v) is 26.0. The fourth-order valence-electron chi connectivity index (χ4n) is 7.74. The molecule has 5 amide bonds. The number of likely N-dealkylation sites (tertiary alicyclic amines) is 3. The van der Waals surface area contributed by atoms with Crippen LogP contribution in [-0.4, -0.2) is 84.0 Å². The number of nitrogens with zero attached hydrogens (tertiary/aromatic N) is 3. The highest BCUT2D eigenvalue weighted by atomic mass is 32.1. The second kappa shape index (κ2) is 12.4. The van der Waals surface area contributed by atoms with Gasteiger partial charge >= 0.3 is 12.1 Å². The number of amides is 5. The van der Waals surface area contributed by atoms with Gasteiger partial charge in [-0.15, -0.1) is 11.3 Å². The van der Waals surface area contributed by atoms with Gasteiger partial charge < -0.3 is 30.7 Å². The average Bonchev–Trinajstić information content (AvgIpc) is 3.47. The summed E-state index contributed by atoms with van der Waals surface area (Å²) in [5, 5.41) is 12.5. The van der Waals surface area contributed by atoms with Crippen LogP contribution in [0.2, 0.25) is 0 Å². The summed E-state index contributed by atoms with van der Waals surface area (Å²) in [4.78, 5) is 46.8. The van der Waals surface area contributed by atoms with Crippen LogP contribution in [0.1, 0.15) is 56.1 Å². The van der Waals surface area contributed by atoms with E-state index in [1.807, 2.05) is 41.3 Å². The Balaban J connectivity index is 1.05. The lowest BCUT2D eigenvalue weighted by molar-refractivity contribution is -0.134. The fraction of sp³-hybridized carbons (Fsp3) is 0.500. The van der Waals surface area contributed by atoms with E-state index in [9.17, 15) is 14.4 Å². The zero-order chi connectivity index (χ0) is 30.1. The smallest absolute Gasteiger partial charge is 0.319 e. The number of para-hydroxylation sites is 1. The Morgan fingerprint density at radius 3 is 2.43 bits per heavy atom. The normalized spacial score (nSPS) is 21.4. The van der Waals surface area contributed by atoms with Gasteiger partial charge in [0, 0.05) is 54.6 Å². The van der Waals surface area contributed by atoms with Crippen LogP contribution >= 0.6 is 11.3 Å². The summed E-state index contributed by atoms with van der Waals surface area (Å²) < 4.78 is 1.19. The van der Waals surface area contributed by atoms with E-state index in [1.165, 1.54) is 37.1 Å². The first-order valence-corrected chi connectivity index (χ1v) is 17.1. The van der Waals surface area contributed by atoms with Crippen LogP contribution in [0.25, 0.3) is 10.1 Å². The maximum Gasteiger partial charge on any atom is 0.319 e. The minimum atomic E-state index is -0.637. The van der Waals surface area contributed by atoms with Gasteiger partial charge in [0.2, 0.25) is 5.91 Å². The standard InChI is InChI=1S/C34H42N6O3S/c41-31(39-18-12-25(13-19-39)38-16-6-1-7-17-38)29(22-24-23-44-30-11-5-2-8-26(24)30)36-33(43)40-20-14-34(15-21-40)27-9-3-4-10-28(27)35-32(42)37-34/h2-5,8-11,23,25,29H,1,6-7,12-22H2,(H,36,43)(H2,35,37,42)/t29-/m1/s1. The first-order valence-electron chi connectivity index (χ1n) is 16.2. The van der Waals surface area contributed by atoms with Crippen molar-refractivity contribution in [1.29, 1.82) is 0 Å². The van der Waals surface area contributed by atoms with Gasteiger partial charge in [-0.2, -0.15) is 0 Å². The Labute approximate surface area is 262 Å². The van der Waals surface area contributed by atoms with Crippen LogP contribution in [0.3, 0.4) is 0 Å². The molecule has 0 unspecified atom stereocenters. The molecule has 44 heavy (non-hydrogen) atoms. The Kier molecular flexibility index (Phi) is 8.20. The van der Waals surface area contributed by atoms with E-state index in [-0.39, 0.29) is 18.0 Å². The fourth-order valence-corrected chi connectivity index (χ4v) is 8.72. The summed E-state index contributed by atoms with van der Waals surface area (Å²) >= 11 is 1.68. The van der Waals surface area contributed by atoms with E-state index in [2.05, 4.69) is 38.4 Å². The van der Waals surface area contributed by atoms with E-state index >= 15 is 0 Å². The number of carbonyl (C=O) groups excluding carboxylic acids is 3. The number of hydrogen-bond donors (Lipinski definition) is 3. The highest BCUT2D eigenvalue weighted by molar-refractivity contribution is 7.17. The number of nitrogens with one attached hydrogen (secondary N) is 3. The summed E-state index contributed by atoms with van der Waals surface area (Å²) in [7, 11) is 0. The molecule has 3 N–H and O–H groups in total. The highest BCUT2D eigenvalue weighted by Crippen LogP contribution is 2.39. The largest absolute Gasteiger partial charge is 0.341 e. The molecule has 1 spiro atoms. The third-order valence-electron chi connectivity index (χ3n) is 10.2. The van der Waals surface area contributed by atoms with Gasteiger partial charge in [-0.1, -0.05) is 42.8 Å². The van der Waals surface area contributed by atoms with Crippen molar-refractivity contribution in [3.05, 3.63) is 65.0 Å². The summed E-state index contributed by atoms with van der Waals surface area (Å²) in [6, 6.07) is 15.6. The monoisotopic (exact) mass is 614 g/mol. The summed E-state index contributed by atoms with van der Waals surface area (Å²) in [5.74, 6) is 0.0127. The summed E-state index contributed by atoms with van der Waals surface area (Å²) in [6.45, 7) is 4.79. The molecular weight excluding hydrogens is 572 g/mol. The molecule has 3 aromatic rings. The summed E-state index contributed by atoms with van der Waals surface area (Å²) in [5.41, 5.74) is 2.48. The van der Waals surface area contributed by atoms with Gasteiger partial charge in [0.05, 0.1) is 5.54 Å². The molecular formula is C34H42N6O3S. The Morgan fingerprint density at radius 1 is 0.909 bits per heavy atom. The van der Waals surface area contributed by atoms with Crippen LogP contribution in [0.5, 0.6) is 0 Å². The number of benzene rings is 2. The molecule has 4 aliphatic heterocycles. The number of anilines is 1. The molecule has 1 atom stereocenters. The molecule has 10 heteroatoms. The average molecular weight is 615 g/mol. The highest BCUT2D eigenvalue weighted by Gasteiger charge is 2.43. The van der Waals surface area contributed by atoms with Crippen molar-refractivity contribution in [2.75, 3.05) is 44.6 Å². The molecule has 7 rings (SSSR count). The number of rotatable bonds is 5. The summed E-state index contributed by atoms with van der Waals surface area (Å²) in [6.07, 6.45) is 7.54. The molecule has 4 aliphatic rings. The molecule has 0 saturated carbocycles. The van der Waals surface area contributed by atoms with Crippen molar-refractivity contribution in [3.63, 3.8) is 0 Å². The lowest BCUT2D eigenvalue weighted by atomic mass is 9.79. The minimum absolute atomic E-state index is 0.0127. The molecule has 232 valence electrons. The molecule has 2 aromatic carbocycles. The van der Waals surface area contributed by atoms with Crippen LogP contribution in [-0.2, 0) is 16.8 Å². The second-order valence-electron chi connectivity index (χ2n) is 12.8. The Bertz CT molecular complexity index is 1520. The molecule has 1 aromatic heterocycles. The van der Waals surface area contributed by atoms with Crippen molar-refractivity contribution in [2.45, 2.75) is 69.0 Å². The first-order chi connectivity index (χ1) is 21.5. The maximum absolute atomic E-state index is 14.1. The number of hydrogen-bond acceptors (Lipinski definition) is 5. The van der Waals surface area contributed by atoms with Gasteiger partial charge in [-0.05, 0) is 80.1 Å². The van der Waals surface area contributed by atoms with Crippen LogP contribution in [0, 0.1) is 0 Å². The SMILES string of the molecule is O=C1Nc2ccccc2C2(CCN(C(=O)N[C@H](Cc3csc4ccccc34)C(=O)N3CCC(N4CCCCC4)CC3)CC2)N1. The van der Waals surface area contributed by atoms with Crippen LogP contribution < -0.4 is 16.0 Å².